The van der Waals surface area contributed by atoms with E-state index >= 15 is 0 Å². The van der Waals surface area contributed by atoms with Crippen LogP contribution in [0.4, 0.5) is 5.82 Å². The summed E-state index contributed by atoms with van der Waals surface area (Å²) in [5.74, 6) is 1.23. The van der Waals surface area contributed by atoms with Gasteiger partial charge in [-0.3, -0.25) is 9.82 Å². The molecule has 0 bridgehead atoms. The average molecular weight is 285 g/mol. The van der Waals surface area contributed by atoms with E-state index in [0.717, 1.165) is 31.4 Å². The highest BCUT2D eigenvalue weighted by molar-refractivity contribution is 7.92. The highest BCUT2D eigenvalue weighted by Gasteiger charge is 2.22. The molecule has 108 valence electrons. The molecule has 0 atom stereocenters. The molecule has 1 aromatic rings. The molecular weight excluding hydrogens is 262 g/mol. The van der Waals surface area contributed by atoms with E-state index in [-0.39, 0.29) is 5.75 Å². The Morgan fingerprint density at radius 2 is 2.05 bits per heavy atom. The monoisotopic (exact) mass is 285 g/mol. The molecule has 0 unspecified atom stereocenters. The molecule has 5 nitrogen and oxygen atoms in total. The van der Waals surface area contributed by atoms with E-state index < -0.39 is 10.0 Å². The van der Waals surface area contributed by atoms with E-state index in [4.69, 9.17) is 0 Å². The molecule has 1 fully saturated rings. The lowest BCUT2D eigenvalue weighted by atomic mass is 9.91. The first-order valence-corrected chi connectivity index (χ1v) is 8.67. The predicted octanol–water partition coefficient (Wildman–Crippen LogP) is 2.86. The van der Waals surface area contributed by atoms with Gasteiger partial charge in [-0.15, -0.1) is 0 Å². The van der Waals surface area contributed by atoms with Gasteiger partial charge in [-0.05, 0) is 24.7 Å². The lowest BCUT2D eigenvalue weighted by molar-refractivity contribution is 0.385. The molecule has 1 saturated carbocycles. The number of aromatic nitrogens is 2. The number of nitrogens with zero attached hydrogens (tertiary/aromatic N) is 1. The van der Waals surface area contributed by atoms with Gasteiger partial charge in [0.05, 0.1) is 5.75 Å². The van der Waals surface area contributed by atoms with E-state index in [1.807, 2.05) is 13.8 Å². The van der Waals surface area contributed by atoms with E-state index in [9.17, 15) is 8.42 Å². The maximum absolute atomic E-state index is 12.1. The van der Waals surface area contributed by atoms with Crippen molar-refractivity contribution in [2.45, 2.75) is 51.9 Å². The van der Waals surface area contributed by atoms with Crippen LogP contribution in [-0.4, -0.2) is 24.4 Å². The molecule has 1 heterocycles. The van der Waals surface area contributed by atoms with Crippen molar-refractivity contribution < 1.29 is 8.42 Å². The summed E-state index contributed by atoms with van der Waals surface area (Å²) in [6.45, 7) is 4.07. The fraction of sp³-hybridized carbons (Fsp3) is 0.769. The van der Waals surface area contributed by atoms with Gasteiger partial charge < -0.3 is 0 Å². The quantitative estimate of drug-likeness (QED) is 0.873. The summed E-state index contributed by atoms with van der Waals surface area (Å²) in [6, 6.07) is 1.77. The van der Waals surface area contributed by atoms with Gasteiger partial charge in [0.15, 0.2) is 5.82 Å². The minimum absolute atomic E-state index is 0.219. The Hall–Kier alpha value is -1.04. The van der Waals surface area contributed by atoms with Crippen molar-refractivity contribution >= 4 is 15.8 Å². The standard InChI is InChI=1S/C13H23N3O2S/c1-10(2)12-8-13(15-14-12)16-19(17,18)9-11-6-4-3-5-7-11/h8,10-11H,3-7,9H2,1-2H3,(H2,14,15,16). The highest BCUT2D eigenvalue weighted by atomic mass is 32.2. The molecule has 2 N–H and O–H groups in total. The molecule has 0 radical (unpaired) electrons. The fourth-order valence-corrected chi connectivity index (χ4v) is 4.01. The summed E-state index contributed by atoms with van der Waals surface area (Å²) in [5, 5.41) is 6.85. The van der Waals surface area contributed by atoms with Crippen molar-refractivity contribution in [2.75, 3.05) is 10.5 Å². The van der Waals surface area contributed by atoms with Crippen LogP contribution in [0.1, 0.15) is 57.6 Å². The van der Waals surface area contributed by atoms with E-state index in [1.165, 1.54) is 6.42 Å². The molecule has 6 heteroatoms. The van der Waals surface area contributed by atoms with Crippen molar-refractivity contribution in [3.05, 3.63) is 11.8 Å². The number of aromatic amines is 1. The zero-order valence-corrected chi connectivity index (χ0v) is 12.5. The normalized spacial score (nSPS) is 17.8. The summed E-state index contributed by atoms with van der Waals surface area (Å²) in [7, 11) is -3.28. The summed E-state index contributed by atoms with van der Waals surface area (Å²) in [4.78, 5) is 0. The van der Waals surface area contributed by atoms with Crippen molar-refractivity contribution in [1.82, 2.24) is 10.2 Å². The van der Waals surface area contributed by atoms with Crippen LogP contribution < -0.4 is 4.72 Å². The third-order valence-corrected chi connectivity index (χ3v) is 5.09. The highest BCUT2D eigenvalue weighted by Crippen LogP contribution is 2.25. The average Bonchev–Trinajstić information content (AvgIpc) is 2.77. The summed E-state index contributed by atoms with van der Waals surface area (Å²) < 4.78 is 26.7. The van der Waals surface area contributed by atoms with E-state index in [2.05, 4.69) is 14.9 Å². The second-order valence-electron chi connectivity index (χ2n) is 5.75. The van der Waals surface area contributed by atoms with Crippen LogP contribution in [0, 0.1) is 5.92 Å². The minimum atomic E-state index is -3.28. The lowest BCUT2D eigenvalue weighted by Gasteiger charge is -2.21. The minimum Gasteiger partial charge on any atom is -0.280 e. The van der Waals surface area contributed by atoms with Gasteiger partial charge in [-0.1, -0.05) is 33.1 Å². The van der Waals surface area contributed by atoms with Gasteiger partial charge in [0, 0.05) is 11.8 Å². The van der Waals surface area contributed by atoms with Crippen LogP contribution in [0.2, 0.25) is 0 Å². The zero-order chi connectivity index (χ0) is 13.9. The van der Waals surface area contributed by atoms with E-state index in [0.29, 0.717) is 17.7 Å². The van der Waals surface area contributed by atoms with Crippen molar-refractivity contribution in [3.63, 3.8) is 0 Å². The Balaban J connectivity index is 1.95. The zero-order valence-electron chi connectivity index (χ0n) is 11.6. The maximum atomic E-state index is 12.1. The van der Waals surface area contributed by atoms with Gasteiger partial charge in [0.25, 0.3) is 0 Å². The molecule has 1 aliphatic carbocycles. The molecule has 0 aromatic carbocycles. The SMILES string of the molecule is CC(C)c1cc(NS(=O)(=O)CC2CCCCC2)n[nH]1. The number of hydrogen-bond donors (Lipinski definition) is 2. The van der Waals surface area contributed by atoms with Crippen LogP contribution in [-0.2, 0) is 10.0 Å². The van der Waals surface area contributed by atoms with Gasteiger partial charge in [-0.25, -0.2) is 8.42 Å². The van der Waals surface area contributed by atoms with Gasteiger partial charge in [0.1, 0.15) is 0 Å². The van der Waals surface area contributed by atoms with Crippen molar-refractivity contribution in [3.8, 4) is 0 Å². The predicted molar refractivity (Wildman–Crippen MR) is 76.7 cm³/mol. The Morgan fingerprint density at radius 1 is 1.37 bits per heavy atom. The Kier molecular flexibility index (Phi) is 4.50. The maximum Gasteiger partial charge on any atom is 0.234 e. The van der Waals surface area contributed by atoms with Gasteiger partial charge >= 0.3 is 0 Å². The third kappa shape index (κ3) is 4.23. The number of anilines is 1. The fourth-order valence-electron chi connectivity index (χ4n) is 2.55. The molecule has 0 amide bonds. The van der Waals surface area contributed by atoms with E-state index in [1.54, 1.807) is 6.07 Å². The number of hydrogen-bond acceptors (Lipinski definition) is 3. The number of sulfonamides is 1. The van der Waals surface area contributed by atoms with Crippen LogP contribution in [0.25, 0.3) is 0 Å². The topological polar surface area (TPSA) is 74.8 Å². The number of H-pyrrole nitrogens is 1. The first kappa shape index (κ1) is 14.4. The molecule has 0 spiro atoms. The van der Waals surface area contributed by atoms with Crippen LogP contribution in [0.3, 0.4) is 0 Å². The number of rotatable bonds is 5. The molecular formula is C13H23N3O2S. The summed E-state index contributed by atoms with van der Waals surface area (Å²) in [5.41, 5.74) is 0.940. The number of nitrogens with one attached hydrogen (secondary N) is 2. The third-order valence-electron chi connectivity index (χ3n) is 3.66. The largest absolute Gasteiger partial charge is 0.280 e. The Labute approximate surface area is 115 Å². The summed E-state index contributed by atoms with van der Waals surface area (Å²) >= 11 is 0. The van der Waals surface area contributed by atoms with Crippen molar-refractivity contribution in [2.24, 2.45) is 5.92 Å². The smallest absolute Gasteiger partial charge is 0.234 e. The lowest BCUT2D eigenvalue weighted by Crippen LogP contribution is -2.24. The molecule has 2 rings (SSSR count). The molecule has 0 saturated heterocycles. The molecule has 1 aromatic heterocycles. The van der Waals surface area contributed by atoms with Crippen molar-refractivity contribution in [1.29, 1.82) is 0 Å². The van der Waals surface area contributed by atoms with Gasteiger partial charge in [-0.2, -0.15) is 5.10 Å². The molecule has 19 heavy (non-hydrogen) atoms. The van der Waals surface area contributed by atoms with Crippen LogP contribution >= 0.6 is 0 Å². The molecule has 0 aliphatic heterocycles. The second kappa shape index (κ2) is 5.94. The second-order valence-corrected chi connectivity index (χ2v) is 7.52. The Morgan fingerprint density at radius 3 is 2.63 bits per heavy atom. The first-order valence-electron chi connectivity index (χ1n) is 7.02. The van der Waals surface area contributed by atoms with Gasteiger partial charge in [0.2, 0.25) is 10.0 Å². The Bertz CT molecular complexity index is 502. The molecule has 1 aliphatic rings. The van der Waals surface area contributed by atoms with Crippen LogP contribution in [0.15, 0.2) is 6.07 Å². The summed E-state index contributed by atoms with van der Waals surface area (Å²) in [6.07, 6.45) is 5.60. The first-order chi connectivity index (χ1) is 8.96. The van der Waals surface area contributed by atoms with Crippen LogP contribution in [0.5, 0.6) is 0 Å².